The van der Waals surface area contributed by atoms with E-state index in [1.54, 1.807) is 26.2 Å². The van der Waals surface area contributed by atoms with Gasteiger partial charge in [0.1, 0.15) is 29.9 Å². The number of hydrogen-bond acceptors (Lipinski definition) is 6. The zero-order valence-electron chi connectivity index (χ0n) is 22.8. The van der Waals surface area contributed by atoms with Gasteiger partial charge in [-0.25, -0.2) is 5.43 Å². The van der Waals surface area contributed by atoms with Gasteiger partial charge in [0, 0.05) is 5.02 Å². The number of hydrazone groups is 1. The fraction of sp³-hybridized carbons (Fsp3) is 0.300. The largest absolute Gasteiger partial charge is 0.497 e. The predicted octanol–water partition coefficient (Wildman–Crippen LogP) is 6.03. The summed E-state index contributed by atoms with van der Waals surface area (Å²) in [7, 11) is 1.63. The summed E-state index contributed by atoms with van der Waals surface area (Å²) in [6.45, 7) is 5.92. The summed E-state index contributed by atoms with van der Waals surface area (Å²) in [4.78, 5) is 25.6. The van der Waals surface area contributed by atoms with Crippen LogP contribution in [0, 0.1) is 5.92 Å². The van der Waals surface area contributed by atoms with Gasteiger partial charge >= 0.3 is 0 Å². The molecule has 40 heavy (non-hydrogen) atoms. The molecule has 0 radical (unpaired) electrons. The van der Waals surface area contributed by atoms with Crippen molar-refractivity contribution in [3.05, 3.63) is 87.9 Å². The molecule has 0 aromatic heterocycles. The third-order valence-electron chi connectivity index (χ3n) is 5.74. The highest BCUT2D eigenvalue weighted by atomic mass is 35.5. The summed E-state index contributed by atoms with van der Waals surface area (Å²) in [6.07, 6.45) is 1.05. The Hall–Kier alpha value is -3.75. The topological polar surface area (TPSA) is 98.3 Å². The second kappa shape index (κ2) is 15.1. The highest BCUT2D eigenvalue weighted by molar-refractivity contribution is 6.35. The molecule has 0 saturated carbocycles. The number of carbonyl (C=O) groups excluding carboxylic acids is 2. The van der Waals surface area contributed by atoms with Crippen molar-refractivity contribution in [2.75, 3.05) is 7.11 Å². The normalized spacial score (nSPS) is 12.6. The molecule has 0 saturated heterocycles. The molecule has 0 aliphatic carbocycles. The molecular formula is C30H33Cl2N3O5. The van der Waals surface area contributed by atoms with Gasteiger partial charge in [-0.3, -0.25) is 9.59 Å². The van der Waals surface area contributed by atoms with Crippen LogP contribution in [-0.2, 0) is 16.2 Å². The Morgan fingerprint density at radius 2 is 1.60 bits per heavy atom. The number of carbonyl (C=O) groups is 2. The van der Waals surface area contributed by atoms with E-state index < -0.39 is 24.0 Å². The van der Waals surface area contributed by atoms with E-state index in [1.807, 2.05) is 62.4 Å². The van der Waals surface area contributed by atoms with Gasteiger partial charge in [0.05, 0.1) is 18.3 Å². The van der Waals surface area contributed by atoms with Crippen molar-refractivity contribution < 1.29 is 23.8 Å². The lowest BCUT2D eigenvalue weighted by Gasteiger charge is -2.22. The number of ether oxygens (including phenoxy) is 3. The Morgan fingerprint density at radius 1 is 0.925 bits per heavy atom. The van der Waals surface area contributed by atoms with Gasteiger partial charge in [0.15, 0.2) is 6.10 Å². The lowest BCUT2D eigenvalue weighted by molar-refractivity contribution is -0.132. The minimum absolute atomic E-state index is 0.146. The van der Waals surface area contributed by atoms with Crippen molar-refractivity contribution in [2.45, 2.75) is 45.9 Å². The van der Waals surface area contributed by atoms with Crippen LogP contribution in [-0.4, -0.2) is 37.3 Å². The maximum atomic E-state index is 12.8. The highest BCUT2D eigenvalue weighted by Gasteiger charge is 2.25. The van der Waals surface area contributed by atoms with Gasteiger partial charge in [0.25, 0.3) is 11.8 Å². The number of halogens is 2. The number of amides is 2. The zero-order valence-corrected chi connectivity index (χ0v) is 24.3. The van der Waals surface area contributed by atoms with Gasteiger partial charge < -0.3 is 19.5 Å². The minimum Gasteiger partial charge on any atom is -0.497 e. The molecule has 212 valence electrons. The van der Waals surface area contributed by atoms with E-state index in [-0.39, 0.29) is 10.9 Å². The molecule has 3 aromatic carbocycles. The Morgan fingerprint density at radius 3 is 2.23 bits per heavy atom. The van der Waals surface area contributed by atoms with E-state index in [2.05, 4.69) is 15.8 Å². The first kappa shape index (κ1) is 30.8. The minimum atomic E-state index is -0.893. The van der Waals surface area contributed by atoms with E-state index in [0.717, 1.165) is 16.9 Å². The maximum Gasteiger partial charge on any atom is 0.262 e. The summed E-state index contributed by atoms with van der Waals surface area (Å²) < 4.78 is 16.7. The molecule has 0 spiro atoms. The average Bonchev–Trinajstić information content (AvgIpc) is 2.93. The Labute approximate surface area is 244 Å². The fourth-order valence-electron chi connectivity index (χ4n) is 3.59. The van der Waals surface area contributed by atoms with E-state index in [9.17, 15) is 9.59 Å². The zero-order chi connectivity index (χ0) is 29.1. The number of methoxy groups -OCH3 is 1. The SMILES string of the molecule is COc1ccc(COc2ccc(/C=N\NC(=O)[C@@H](CC(C)C)NC(=O)[C@H](C)Oc3ccc(Cl)cc3Cl)cc2)cc1. The third kappa shape index (κ3) is 9.77. The maximum absolute atomic E-state index is 12.8. The van der Waals surface area contributed by atoms with E-state index in [0.29, 0.717) is 29.5 Å². The standard InChI is InChI=1S/C30H33Cl2N3O5/c1-19(2)15-27(34-29(36)20(3)40-28-14-9-23(31)16-26(28)32)30(37)35-33-17-21-5-12-25(13-6-21)39-18-22-7-10-24(38-4)11-8-22/h5-14,16-17,19-20,27H,15,18H2,1-4H3,(H,34,36)(H,35,37)/b33-17-/t20-,27+/m0/s1. The molecule has 10 heteroatoms. The van der Waals surface area contributed by atoms with E-state index in [4.69, 9.17) is 37.4 Å². The van der Waals surface area contributed by atoms with Crippen LogP contribution in [0.4, 0.5) is 0 Å². The molecule has 3 aromatic rings. The molecule has 0 aliphatic heterocycles. The quantitative estimate of drug-likeness (QED) is 0.188. The molecule has 0 aliphatic rings. The molecule has 2 N–H and O–H groups in total. The van der Waals surface area contributed by atoms with Gasteiger partial charge in [-0.05, 0) is 85.0 Å². The Kier molecular flexibility index (Phi) is 11.7. The van der Waals surface area contributed by atoms with Crippen LogP contribution in [0.5, 0.6) is 17.2 Å². The summed E-state index contributed by atoms with van der Waals surface area (Å²) >= 11 is 12.1. The molecule has 0 unspecified atom stereocenters. The number of hydrogen-bond donors (Lipinski definition) is 2. The molecule has 3 rings (SSSR count). The van der Waals surface area contributed by atoms with Gasteiger partial charge in [0.2, 0.25) is 0 Å². The molecule has 8 nitrogen and oxygen atoms in total. The van der Waals surface area contributed by atoms with Gasteiger partial charge in [-0.2, -0.15) is 5.10 Å². The van der Waals surface area contributed by atoms with Gasteiger partial charge in [-0.15, -0.1) is 0 Å². The van der Waals surface area contributed by atoms with Crippen LogP contribution in [0.25, 0.3) is 0 Å². The van der Waals surface area contributed by atoms with Crippen molar-refractivity contribution in [3.8, 4) is 17.2 Å². The molecular weight excluding hydrogens is 553 g/mol. The van der Waals surface area contributed by atoms with Crippen LogP contribution in [0.2, 0.25) is 10.0 Å². The third-order valence-corrected chi connectivity index (χ3v) is 6.27. The van der Waals surface area contributed by atoms with E-state index in [1.165, 1.54) is 12.3 Å². The molecule has 0 heterocycles. The second-order valence-corrected chi connectivity index (χ2v) is 10.3. The molecule has 0 bridgehead atoms. The summed E-state index contributed by atoms with van der Waals surface area (Å²) in [5.41, 5.74) is 4.30. The lowest BCUT2D eigenvalue weighted by Crippen LogP contribution is -2.49. The van der Waals surface area contributed by atoms with Crippen molar-refractivity contribution in [2.24, 2.45) is 11.0 Å². The Balaban J connectivity index is 1.52. The number of nitrogens with one attached hydrogen (secondary N) is 2. The summed E-state index contributed by atoms with van der Waals surface area (Å²) in [5, 5.41) is 7.55. The van der Waals surface area contributed by atoms with E-state index >= 15 is 0 Å². The van der Waals surface area contributed by atoms with Crippen molar-refractivity contribution in [1.29, 1.82) is 0 Å². The number of benzene rings is 3. The van der Waals surface area contributed by atoms with Crippen LogP contribution in [0.3, 0.4) is 0 Å². The first-order chi connectivity index (χ1) is 19.1. The molecule has 0 fully saturated rings. The predicted molar refractivity (Wildman–Crippen MR) is 157 cm³/mol. The molecule has 2 atom stereocenters. The number of rotatable bonds is 13. The van der Waals surface area contributed by atoms with Crippen LogP contribution >= 0.6 is 23.2 Å². The summed E-state index contributed by atoms with van der Waals surface area (Å²) in [5.74, 6) is 1.07. The smallest absolute Gasteiger partial charge is 0.262 e. The van der Waals surface area contributed by atoms with Crippen molar-refractivity contribution >= 4 is 41.2 Å². The highest BCUT2D eigenvalue weighted by Crippen LogP contribution is 2.28. The Bertz CT molecular complexity index is 1300. The van der Waals surface area contributed by atoms with Crippen LogP contribution in [0.15, 0.2) is 71.8 Å². The molecule has 2 amide bonds. The second-order valence-electron chi connectivity index (χ2n) is 9.47. The monoisotopic (exact) mass is 585 g/mol. The fourth-order valence-corrected chi connectivity index (χ4v) is 4.05. The summed E-state index contributed by atoms with van der Waals surface area (Å²) in [6, 6.07) is 18.9. The average molecular weight is 587 g/mol. The lowest BCUT2D eigenvalue weighted by atomic mass is 10.0. The number of nitrogens with zero attached hydrogens (tertiary/aromatic N) is 1. The first-order valence-corrected chi connectivity index (χ1v) is 13.5. The van der Waals surface area contributed by atoms with Crippen molar-refractivity contribution in [1.82, 2.24) is 10.7 Å². The van der Waals surface area contributed by atoms with Crippen LogP contribution < -0.4 is 25.0 Å². The van der Waals surface area contributed by atoms with Gasteiger partial charge in [-0.1, -0.05) is 49.2 Å². The van der Waals surface area contributed by atoms with Crippen molar-refractivity contribution in [3.63, 3.8) is 0 Å². The first-order valence-electron chi connectivity index (χ1n) is 12.8. The van der Waals surface area contributed by atoms with Crippen LogP contribution in [0.1, 0.15) is 38.3 Å².